The fourth-order valence-electron chi connectivity index (χ4n) is 2.38. The zero-order valence-corrected chi connectivity index (χ0v) is 13.9. The molecule has 0 heterocycles. The van der Waals surface area contributed by atoms with Crippen molar-refractivity contribution in [2.75, 3.05) is 0 Å². The summed E-state index contributed by atoms with van der Waals surface area (Å²) in [7, 11) is 0. The van der Waals surface area contributed by atoms with Crippen LogP contribution in [0.3, 0.4) is 0 Å². The standard InChI is InChI=1S/2C10H14/c1-4-10-7-8(2)5-6-9(10)3;1-4-10-7-5-6-8(2)9(10)3/h2*5-7H,4H2,1-3H3. The molecule has 0 heteroatoms. The summed E-state index contributed by atoms with van der Waals surface area (Å²) in [6, 6.07) is 13.1. The van der Waals surface area contributed by atoms with Crippen LogP contribution in [0.25, 0.3) is 0 Å². The second-order valence-electron chi connectivity index (χ2n) is 5.50. The summed E-state index contributed by atoms with van der Waals surface area (Å²) >= 11 is 0. The van der Waals surface area contributed by atoms with Crippen LogP contribution in [-0.2, 0) is 12.8 Å². The van der Waals surface area contributed by atoms with Crippen LogP contribution in [0.2, 0.25) is 0 Å². The summed E-state index contributed by atoms with van der Waals surface area (Å²) in [5, 5.41) is 0. The van der Waals surface area contributed by atoms with Gasteiger partial charge in [0, 0.05) is 0 Å². The number of benzene rings is 2. The van der Waals surface area contributed by atoms with Gasteiger partial charge >= 0.3 is 0 Å². The predicted molar refractivity (Wildman–Crippen MR) is 90.6 cm³/mol. The molecule has 2 aromatic rings. The lowest BCUT2D eigenvalue weighted by Crippen LogP contribution is -1.88. The fraction of sp³-hybridized carbons (Fsp3) is 0.400. The number of hydrogen-bond acceptors (Lipinski definition) is 0. The summed E-state index contributed by atoms with van der Waals surface area (Å²) in [6.45, 7) is 13.0. The van der Waals surface area contributed by atoms with Gasteiger partial charge in [-0.3, -0.25) is 0 Å². The third-order valence-corrected chi connectivity index (χ3v) is 3.98. The first-order valence-electron chi connectivity index (χ1n) is 7.60. The molecule has 0 N–H and O–H groups in total. The van der Waals surface area contributed by atoms with Crippen LogP contribution in [0.4, 0.5) is 0 Å². The Labute approximate surface area is 124 Å². The van der Waals surface area contributed by atoms with E-state index in [1.807, 2.05) is 0 Å². The van der Waals surface area contributed by atoms with Crippen LogP contribution in [0.1, 0.15) is 47.2 Å². The Hall–Kier alpha value is -1.56. The predicted octanol–water partition coefficient (Wildman–Crippen LogP) is 5.73. The summed E-state index contributed by atoms with van der Waals surface area (Å²) in [6.07, 6.45) is 2.29. The van der Waals surface area contributed by atoms with Crippen molar-refractivity contribution < 1.29 is 0 Å². The van der Waals surface area contributed by atoms with Gasteiger partial charge in [-0.1, -0.05) is 55.8 Å². The highest BCUT2D eigenvalue weighted by Gasteiger charge is 1.95. The Kier molecular flexibility index (Phi) is 6.51. The van der Waals surface area contributed by atoms with E-state index < -0.39 is 0 Å². The van der Waals surface area contributed by atoms with Crippen molar-refractivity contribution in [2.45, 2.75) is 54.4 Å². The Balaban J connectivity index is 0.000000200. The van der Waals surface area contributed by atoms with Crippen molar-refractivity contribution in [3.05, 3.63) is 69.8 Å². The summed E-state index contributed by atoms with van der Waals surface area (Å²) in [5.74, 6) is 0. The van der Waals surface area contributed by atoms with Gasteiger partial charge in [0.15, 0.2) is 0 Å². The van der Waals surface area contributed by atoms with E-state index >= 15 is 0 Å². The molecule has 0 aliphatic carbocycles. The van der Waals surface area contributed by atoms with E-state index in [1.54, 1.807) is 0 Å². The van der Waals surface area contributed by atoms with Crippen molar-refractivity contribution in [1.29, 1.82) is 0 Å². The normalized spacial score (nSPS) is 9.90. The maximum Gasteiger partial charge on any atom is -0.0305 e. The molecule has 20 heavy (non-hydrogen) atoms. The average molecular weight is 268 g/mol. The number of hydrogen-bond donors (Lipinski definition) is 0. The van der Waals surface area contributed by atoms with Gasteiger partial charge in [0.25, 0.3) is 0 Å². The van der Waals surface area contributed by atoms with Crippen LogP contribution in [-0.4, -0.2) is 0 Å². The molecular formula is C20H28. The van der Waals surface area contributed by atoms with E-state index in [0.717, 1.165) is 12.8 Å². The Morgan fingerprint density at radius 2 is 1.35 bits per heavy atom. The quantitative estimate of drug-likeness (QED) is 0.652. The maximum absolute atomic E-state index is 2.26. The molecule has 0 aliphatic heterocycles. The topological polar surface area (TPSA) is 0 Å². The Morgan fingerprint density at radius 3 is 1.85 bits per heavy atom. The molecule has 0 atom stereocenters. The van der Waals surface area contributed by atoms with Crippen molar-refractivity contribution >= 4 is 0 Å². The molecule has 2 aromatic carbocycles. The van der Waals surface area contributed by atoms with Gasteiger partial charge in [-0.25, -0.2) is 0 Å². The van der Waals surface area contributed by atoms with E-state index in [2.05, 4.69) is 77.9 Å². The zero-order chi connectivity index (χ0) is 15.1. The monoisotopic (exact) mass is 268 g/mol. The lowest BCUT2D eigenvalue weighted by atomic mass is 10.0. The largest absolute Gasteiger partial charge is 0.0617 e. The minimum Gasteiger partial charge on any atom is -0.0617 e. The van der Waals surface area contributed by atoms with E-state index in [9.17, 15) is 0 Å². The average Bonchev–Trinajstić information content (AvgIpc) is 2.45. The van der Waals surface area contributed by atoms with E-state index in [4.69, 9.17) is 0 Å². The molecule has 108 valence electrons. The minimum absolute atomic E-state index is 1.15. The van der Waals surface area contributed by atoms with E-state index in [1.165, 1.54) is 33.4 Å². The molecule has 0 aromatic heterocycles. The van der Waals surface area contributed by atoms with Crippen molar-refractivity contribution in [1.82, 2.24) is 0 Å². The lowest BCUT2D eigenvalue weighted by Gasteiger charge is -2.04. The molecule has 0 saturated heterocycles. The minimum atomic E-state index is 1.15. The van der Waals surface area contributed by atoms with Gasteiger partial charge < -0.3 is 0 Å². The van der Waals surface area contributed by atoms with Crippen LogP contribution < -0.4 is 0 Å². The van der Waals surface area contributed by atoms with Crippen LogP contribution in [0.15, 0.2) is 36.4 Å². The molecule has 0 unspecified atom stereocenters. The molecule has 0 amide bonds. The summed E-state index contributed by atoms with van der Waals surface area (Å²) in [5.41, 5.74) is 8.57. The molecule has 0 nitrogen and oxygen atoms in total. The Morgan fingerprint density at radius 1 is 0.700 bits per heavy atom. The van der Waals surface area contributed by atoms with Gasteiger partial charge in [-0.2, -0.15) is 0 Å². The second kappa shape index (κ2) is 7.89. The van der Waals surface area contributed by atoms with Crippen LogP contribution in [0.5, 0.6) is 0 Å². The third-order valence-electron chi connectivity index (χ3n) is 3.98. The highest BCUT2D eigenvalue weighted by molar-refractivity contribution is 5.32. The zero-order valence-electron chi connectivity index (χ0n) is 13.9. The summed E-state index contributed by atoms with van der Waals surface area (Å²) in [4.78, 5) is 0. The van der Waals surface area contributed by atoms with Crippen molar-refractivity contribution in [3.8, 4) is 0 Å². The molecular weight excluding hydrogens is 240 g/mol. The van der Waals surface area contributed by atoms with Crippen LogP contribution >= 0.6 is 0 Å². The smallest absolute Gasteiger partial charge is 0.0305 e. The maximum atomic E-state index is 2.26. The van der Waals surface area contributed by atoms with Gasteiger partial charge in [0.05, 0.1) is 0 Å². The molecule has 0 spiro atoms. The summed E-state index contributed by atoms with van der Waals surface area (Å²) < 4.78 is 0. The first-order chi connectivity index (χ1) is 9.49. The first-order valence-corrected chi connectivity index (χ1v) is 7.60. The highest BCUT2D eigenvalue weighted by atomic mass is 14.0. The van der Waals surface area contributed by atoms with Gasteiger partial charge in [-0.05, 0) is 68.4 Å². The van der Waals surface area contributed by atoms with E-state index in [0.29, 0.717) is 0 Å². The van der Waals surface area contributed by atoms with Crippen molar-refractivity contribution in [2.24, 2.45) is 0 Å². The molecule has 0 fully saturated rings. The molecule has 0 radical (unpaired) electrons. The van der Waals surface area contributed by atoms with Gasteiger partial charge in [0.1, 0.15) is 0 Å². The SMILES string of the molecule is CCc1cc(C)ccc1C.CCc1cccc(C)c1C. The lowest BCUT2D eigenvalue weighted by molar-refractivity contribution is 1.09. The fourth-order valence-corrected chi connectivity index (χ4v) is 2.38. The second-order valence-corrected chi connectivity index (χ2v) is 5.50. The van der Waals surface area contributed by atoms with Crippen LogP contribution in [0, 0.1) is 27.7 Å². The van der Waals surface area contributed by atoms with E-state index in [-0.39, 0.29) is 0 Å². The molecule has 0 bridgehead atoms. The first kappa shape index (κ1) is 16.5. The van der Waals surface area contributed by atoms with Gasteiger partial charge in [-0.15, -0.1) is 0 Å². The molecule has 0 aliphatic rings. The Bertz CT molecular complexity index is 548. The molecule has 0 saturated carbocycles. The third kappa shape index (κ3) is 4.52. The number of rotatable bonds is 2. The molecule has 2 rings (SSSR count). The number of aryl methyl sites for hydroxylation is 5. The van der Waals surface area contributed by atoms with Gasteiger partial charge in [0.2, 0.25) is 0 Å². The van der Waals surface area contributed by atoms with Crippen molar-refractivity contribution in [3.63, 3.8) is 0 Å². The highest BCUT2D eigenvalue weighted by Crippen LogP contribution is 2.12.